The van der Waals surface area contributed by atoms with E-state index in [4.69, 9.17) is 5.26 Å². The first-order valence-corrected chi connectivity index (χ1v) is 9.70. The van der Waals surface area contributed by atoms with Crippen LogP contribution in [0, 0.1) is 11.3 Å². The summed E-state index contributed by atoms with van der Waals surface area (Å²) in [5, 5.41) is 11.6. The maximum Gasteiger partial charge on any atom is 0.241 e. The largest absolute Gasteiger partial charge is 0.325 e. The molecule has 130 valence electrons. The Hall–Kier alpha value is -1.95. The molecule has 1 aromatic rings. The molecule has 0 radical (unpaired) electrons. The highest BCUT2D eigenvalue weighted by atomic mass is 32.2. The van der Waals surface area contributed by atoms with E-state index in [0.717, 1.165) is 6.26 Å². The second-order valence-electron chi connectivity index (χ2n) is 6.05. The van der Waals surface area contributed by atoms with Gasteiger partial charge in [0.25, 0.3) is 0 Å². The molecule has 1 aliphatic rings. The van der Waals surface area contributed by atoms with Gasteiger partial charge in [0.2, 0.25) is 15.9 Å². The summed E-state index contributed by atoms with van der Waals surface area (Å²) < 4.78 is 25.1. The third-order valence-electron chi connectivity index (χ3n) is 4.12. The van der Waals surface area contributed by atoms with Gasteiger partial charge in [0, 0.05) is 24.8 Å². The Bertz CT molecular complexity index is 717. The van der Waals surface area contributed by atoms with Crippen molar-refractivity contribution in [1.29, 1.82) is 5.26 Å². The summed E-state index contributed by atoms with van der Waals surface area (Å²) in [6.07, 6.45) is 2.52. The van der Waals surface area contributed by atoms with Crippen LogP contribution in [-0.4, -0.2) is 50.7 Å². The average molecular weight is 350 g/mol. The second-order valence-corrected chi connectivity index (χ2v) is 7.83. The smallest absolute Gasteiger partial charge is 0.241 e. The molecule has 2 rings (SSSR count). The molecule has 1 amide bonds. The standard InChI is InChI=1S/C16H22N4O3S/c1-12(16(21)18-14-5-3-13(11-17)4-6-14)20-9-7-15(8-10-20)19-24(2,22)23/h3-6,12,15,19H,7-10H2,1-2H3,(H,18,21). The number of carbonyl (C=O) groups excluding carboxylic acids is 1. The summed E-state index contributed by atoms with van der Waals surface area (Å²) >= 11 is 0. The number of rotatable bonds is 5. The number of carbonyl (C=O) groups is 1. The van der Waals surface area contributed by atoms with Crippen LogP contribution in [0.4, 0.5) is 5.69 Å². The minimum atomic E-state index is -3.19. The molecule has 0 aromatic heterocycles. The Balaban J connectivity index is 1.86. The first kappa shape index (κ1) is 18.4. The molecule has 1 saturated heterocycles. The number of piperidine rings is 1. The van der Waals surface area contributed by atoms with Crippen LogP contribution in [0.5, 0.6) is 0 Å². The highest BCUT2D eigenvalue weighted by Gasteiger charge is 2.27. The third-order valence-corrected chi connectivity index (χ3v) is 4.88. The fourth-order valence-corrected chi connectivity index (χ4v) is 3.59. The predicted molar refractivity (Wildman–Crippen MR) is 91.8 cm³/mol. The van der Waals surface area contributed by atoms with Crippen molar-refractivity contribution in [2.24, 2.45) is 0 Å². The summed E-state index contributed by atoms with van der Waals surface area (Å²) in [5.74, 6) is -0.116. The van der Waals surface area contributed by atoms with Crippen LogP contribution in [-0.2, 0) is 14.8 Å². The minimum absolute atomic E-state index is 0.0648. The maximum absolute atomic E-state index is 12.3. The fourth-order valence-electron chi connectivity index (χ4n) is 2.75. The van der Waals surface area contributed by atoms with E-state index in [1.807, 2.05) is 17.9 Å². The van der Waals surface area contributed by atoms with Gasteiger partial charge in [-0.3, -0.25) is 9.69 Å². The van der Waals surface area contributed by atoms with E-state index in [-0.39, 0.29) is 18.0 Å². The summed E-state index contributed by atoms with van der Waals surface area (Å²) in [6, 6.07) is 8.37. The van der Waals surface area contributed by atoms with Crippen LogP contribution in [0.2, 0.25) is 0 Å². The molecule has 1 aliphatic heterocycles. The Kier molecular flexibility index (Phi) is 5.94. The lowest BCUT2D eigenvalue weighted by molar-refractivity contribution is -0.121. The Morgan fingerprint density at radius 2 is 1.88 bits per heavy atom. The molecule has 8 heteroatoms. The van der Waals surface area contributed by atoms with Gasteiger partial charge in [-0.15, -0.1) is 0 Å². The molecule has 1 unspecified atom stereocenters. The number of hydrogen-bond donors (Lipinski definition) is 2. The molecule has 0 aliphatic carbocycles. The molecule has 7 nitrogen and oxygen atoms in total. The van der Waals surface area contributed by atoms with E-state index >= 15 is 0 Å². The number of nitrogens with one attached hydrogen (secondary N) is 2. The predicted octanol–water partition coefficient (Wildman–Crippen LogP) is 0.899. The number of anilines is 1. The molecule has 1 atom stereocenters. The summed E-state index contributed by atoms with van der Waals surface area (Å²) in [6.45, 7) is 3.16. The van der Waals surface area contributed by atoms with Crippen molar-refractivity contribution in [3.8, 4) is 6.07 Å². The van der Waals surface area contributed by atoms with E-state index in [2.05, 4.69) is 10.0 Å². The van der Waals surface area contributed by atoms with Gasteiger partial charge in [-0.25, -0.2) is 13.1 Å². The normalized spacial score (nSPS) is 17.9. The van der Waals surface area contributed by atoms with Crippen LogP contribution >= 0.6 is 0 Å². The van der Waals surface area contributed by atoms with Crippen molar-refractivity contribution < 1.29 is 13.2 Å². The average Bonchev–Trinajstić information content (AvgIpc) is 2.54. The van der Waals surface area contributed by atoms with Crippen molar-refractivity contribution >= 4 is 21.6 Å². The van der Waals surface area contributed by atoms with Crippen LogP contribution in [0.15, 0.2) is 24.3 Å². The highest BCUT2D eigenvalue weighted by Crippen LogP contribution is 2.16. The van der Waals surface area contributed by atoms with Gasteiger partial charge in [-0.1, -0.05) is 0 Å². The molecule has 1 fully saturated rings. The molecule has 0 saturated carbocycles. The van der Waals surface area contributed by atoms with Crippen LogP contribution < -0.4 is 10.0 Å². The molecular weight excluding hydrogens is 328 g/mol. The molecule has 1 heterocycles. The number of hydrogen-bond acceptors (Lipinski definition) is 5. The summed E-state index contributed by atoms with van der Waals surface area (Å²) in [5.41, 5.74) is 1.20. The zero-order valence-corrected chi connectivity index (χ0v) is 14.6. The molecular formula is C16H22N4O3S. The lowest BCUT2D eigenvalue weighted by atomic mass is 10.0. The number of nitrogens with zero attached hydrogens (tertiary/aromatic N) is 2. The molecule has 0 spiro atoms. The minimum Gasteiger partial charge on any atom is -0.325 e. The lowest BCUT2D eigenvalue weighted by Gasteiger charge is -2.35. The van der Waals surface area contributed by atoms with Crippen molar-refractivity contribution in [3.63, 3.8) is 0 Å². The number of amides is 1. The first-order chi connectivity index (χ1) is 11.3. The van der Waals surface area contributed by atoms with Crippen molar-refractivity contribution in [3.05, 3.63) is 29.8 Å². The number of likely N-dealkylation sites (tertiary alicyclic amines) is 1. The van der Waals surface area contributed by atoms with Gasteiger partial charge in [0.15, 0.2) is 0 Å². The van der Waals surface area contributed by atoms with Gasteiger partial charge in [-0.05, 0) is 44.0 Å². The van der Waals surface area contributed by atoms with Crippen molar-refractivity contribution in [2.75, 3.05) is 24.7 Å². The number of benzene rings is 1. The van der Waals surface area contributed by atoms with E-state index in [1.54, 1.807) is 24.3 Å². The Labute approximate surface area is 142 Å². The fraction of sp³-hybridized carbons (Fsp3) is 0.500. The molecule has 24 heavy (non-hydrogen) atoms. The molecule has 0 bridgehead atoms. The number of nitriles is 1. The van der Waals surface area contributed by atoms with Crippen molar-refractivity contribution in [1.82, 2.24) is 9.62 Å². The van der Waals surface area contributed by atoms with Gasteiger partial charge in [0.1, 0.15) is 0 Å². The van der Waals surface area contributed by atoms with Crippen LogP contribution in [0.3, 0.4) is 0 Å². The van der Waals surface area contributed by atoms with Crippen LogP contribution in [0.1, 0.15) is 25.3 Å². The van der Waals surface area contributed by atoms with Gasteiger partial charge in [-0.2, -0.15) is 5.26 Å². The maximum atomic E-state index is 12.3. The molecule has 2 N–H and O–H groups in total. The summed E-state index contributed by atoms with van der Waals surface area (Å²) in [4.78, 5) is 14.4. The molecule has 1 aromatic carbocycles. The lowest BCUT2D eigenvalue weighted by Crippen LogP contribution is -2.50. The van der Waals surface area contributed by atoms with Crippen molar-refractivity contribution in [2.45, 2.75) is 31.8 Å². The van der Waals surface area contributed by atoms with Gasteiger partial charge in [0.05, 0.1) is 23.9 Å². The van der Waals surface area contributed by atoms with E-state index in [1.165, 1.54) is 0 Å². The Morgan fingerprint density at radius 1 is 1.29 bits per heavy atom. The van der Waals surface area contributed by atoms with Gasteiger partial charge < -0.3 is 5.32 Å². The van der Waals surface area contributed by atoms with Gasteiger partial charge >= 0.3 is 0 Å². The van der Waals surface area contributed by atoms with E-state index in [9.17, 15) is 13.2 Å². The Morgan fingerprint density at radius 3 is 2.38 bits per heavy atom. The SMILES string of the molecule is CC(C(=O)Nc1ccc(C#N)cc1)N1CCC(NS(C)(=O)=O)CC1. The summed E-state index contributed by atoms with van der Waals surface area (Å²) in [7, 11) is -3.19. The topological polar surface area (TPSA) is 102 Å². The number of sulfonamides is 1. The third kappa shape index (κ3) is 5.30. The zero-order valence-electron chi connectivity index (χ0n) is 13.8. The zero-order chi connectivity index (χ0) is 17.7. The van der Waals surface area contributed by atoms with E-state index < -0.39 is 10.0 Å². The van der Waals surface area contributed by atoms with Crippen LogP contribution in [0.25, 0.3) is 0 Å². The first-order valence-electron chi connectivity index (χ1n) is 7.81. The highest BCUT2D eigenvalue weighted by molar-refractivity contribution is 7.88. The quantitative estimate of drug-likeness (QED) is 0.821. The monoisotopic (exact) mass is 350 g/mol. The second kappa shape index (κ2) is 7.75. The van der Waals surface area contributed by atoms with E-state index in [0.29, 0.717) is 37.2 Å².